The lowest BCUT2D eigenvalue weighted by Gasteiger charge is -2.35. The Kier molecular flexibility index (Phi) is 2.09. The largest absolute Gasteiger partial charge is 0.301 e. The van der Waals surface area contributed by atoms with Gasteiger partial charge >= 0.3 is 0 Å². The Hall–Kier alpha value is -0.0800. The quantitative estimate of drug-likeness (QED) is 0.465. The van der Waals surface area contributed by atoms with Crippen LogP contribution in [0.1, 0.15) is 6.92 Å². The summed E-state index contributed by atoms with van der Waals surface area (Å²) in [5.74, 6) is 0. The molecule has 0 N–H and O–H groups in total. The first-order valence-corrected chi connectivity index (χ1v) is 3.46. The van der Waals surface area contributed by atoms with E-state index < -0.39 is 0 Å². The molecule has 0 aromatic carbocycles. The summed E-state index contributed by atoms with van der Waals surface area (Å²) in [6, 6.07) is 0.677. The summed E-state index contributed by atoms with van der Waals surface area (Å²) in [7, 11) is 6.05. The second-order valence-corrected chi connectivity index (χ2v) is 2.91. The van der Waals surface area contributed by atoms with Crippen LogP contribution in [0.5, 0.6) is 0 Å². The zero-order valence-electron chi connectivity index (χ0n) is 6.30. The number of likely N-dealkylation sites (N-methyl/N-ethyl adjacent to an activating group) is 1. The van der Waals surface area contributed by atoms with Gasteiger partial charge in [0.1, 0.15) is 0 Å². The molecule has 0 aliphatic carbocycles. The number of piperazine rings is 1. The molecule has 1 fully saturated rings. The van der Waals surface area contributed by atoms with Crippen LogP contribution >= 0.6 is 0 Å². The molecule has 0 saturated carbocycles. The van der Waals surface area contributed by atoms with Gasteiger partial charge in [-0.2, -0.15) is 0 Å². The smallest absolute Gasteiger partial charge is 0.0192 e. The van der Waals surface area contributed by atoms with E-state index in [-0.39, 0.29) is 0 Å². The summed E-state index contributed by atoms with van der Waals surface area (Å²) in [4.78, 5) is 4.49. The fourth-order valence-electron chi connectivity index (χ4n) is 1.12. The van der Waals surface area contributed by atoms with E-state index in [1.807, 2.05) is 0 Å². The Morgan fingerprint density at radius 2 is 2.11 bits per heavy atom. The highest BCUT2D eigenvalue weighted by Gasteiger charge is 2.16. The van der Waals surface area contributed by atoms with Crippen molar-refractivity contribution < 1.29 is 0 Å². The molecule has 1 saturated heterocycles. The third kappa shape index (κ3) is 1.66. The maximum absolute atomic E-state index is 3.89. The van der Waals surface area contributed by atoms with Crippen molar-refractivity contribution in [1.82, 2.24) is 9.80 Å². The second kappa shape index (κ2) is 2.67. The summed E-state index contributed by atoms with van der Waals surface area (Å²) >= 11 is 0. The van der Waals surface area contributed by atoms with Crippen LogP contribution in [0, 0.1) is 7.05 Å². The van der Waals surface area contributed by atoms with E-state index in [4.69, 9.17) is 0 Å². The summed E-state index contributed by atoms with van der Waals surface area (Å²) in [6.07, 6.45) is 0. The standard InChI is InChI=1S/C7H15N2/c1-7-6-8(2)4-5-9(7)3/h7H,2,4-6H2,1,3H3. The number of hydrogen-bond donors (Lipinski definition) is 0. The summed E-state index contributed by atoms with van der Waals surface area (Å²) < 4.78 is 0. The maximum atomic E-state index is 3.89. The molecule has 0 bridgehead atoms. The molecule has 0 aromatic rings. The van der Waals surface area contributed by atoms with Crippen molar-refractivity contribution in [2.75, 3.05) is 26.7 Å². The predicted octanol–water partition coefficient (Wildman–Crippen LogP) is 0.414. The van der Waals surface area contributed by atoms with Gasteiger partial charge in [-0.3, -0.25) is 4.90 Å². The van der Waals surface area contributed by atoms with Gasteiger partial charge in [0.25, 0.3) is 0 Å². The van der Waals surface area contributed by atoms with Crippen molar-refractivity contribution in [3.05, 3.63) is 7.05 Å². The Morgan fingerprint density at radius 1 is 1.44 bits per heavy atom. The molecule has 1 aliphatic heterocycles. The van der Waals surface area contributed by atoms with Gasteiger partial charge < -0.3 is 4.90 Å². The Bertz CT molecular complexity index is 92.9. The molecule has 2 nitrogen and oxygen atoms in total. The highest BCUT2D eigenvalue weighted by atomic mass is 15.3. The van der Waals surface area contributed by atoms with Crippen LogP contribution in [0.15, 0.2) is 0 Å². The maximum Gasteiger partial charge on any atom is 0.0192 e. The monoisotopic (exact) mass is 127 g/mol. The molecule has 0 aromatic heterocycles. The van der Waals surface area contributed by atoms with E-state index in [1.165, 1.54) is 0 Å². The van der Waals surface area contributed by atoms with Gasteiger partial charge in [0.05, 0.1) is 0 Å². The molecule has 9 heavy (non-hydrogen) atoms. The predicted molar refractivity (Wildman–Crippen MR) is 39.0 cm³/mol. The minimum Gasteiger partial charge on any atom is -0.301 e. The zero-order valence-corrected chi connectivity index (χ0v) is 6.30. The van der Waals surface area contributed by atoms with E-state index >= 15 is 0 Å². The first-order valence-electron chi connectivity index (χ1n) is 3.46. The summed E-state index contributed by atoms with van der Waals surface area (Å²) in [5.41, 5.74) is 0. The van der Waals surface area contributed by atoms with Crippen molar-refractivity contribution in [3.63, 3.8) is 0 Å². The molecule has 1 unspecified atom stereocenters. The third-order valence-corrected chi connectivity index (χ3v) is 2.04. The Balaban J connectivity index is 2.35. The first kappa shape index (κ1) is 7.03. The van der Waals surface area contributed by atoms with Crippen LogP contribution in [0.25, 0.3) is 0 Å². The molecule has 0 amide bonds. The lowest BCUT2D eigenvalue weighted by atomic mass is 10.2. The number of hydrogen-bond acceptors (Lipinski definition) is 2. The Morgan fingerprint density at radius 3 is 2.56 bits per heavy atom. The molecule has 1 rings (SSSR count). The molecular formula is C7H15N2. The van der Waals surface area contributed by atoms with E-state index in [2.05, 4.69) is 30.8 Å². The molecule has 0 spiro atoms. The Labute approximate surface area is 57.4 Å². The number of rotatable bonds is 0. The average Bonchev–Trinajstić information content (AvgIpc) is 1.80. The molecule has 1 heterocycles. The van der Waals surface area contributed by atoms with Gasteiger partial charge in [-0.15, -0.1) is 0 Å². The van der Waals surface area contributed by atoms with Gasteiger partial charge in [-0.1, -0.05) is 0 Å². The zero-order chi connectivity index (χ0) is 6.85. The van der Waals surface area contributed by atoms with Crippen LogP contribution in [-0.4, -0.2) is 42.5 Å². The van der Waals surface area contributed by atoms with Crippen molar-refractivity contribution in [3.8, 4) is 0 Å². The highest BCUT2D eigenvalue weighted by Crippen LogP contribution is 2.04. The van der Waals surface area contributed by atoms with Gasteiger partial charge in [0, 0.05) is 32.7 Å². The fraction of sp³-hybridized carbons (Fsp3) is 0.857. The van der Waals surface area contributed by atoms with Crippen molar-refractivity contribution in [2.24, 2.45) is 0 Å². The van der Waals surface area contributed by atoms with Crippen LogP contribution in [0.2, 0.25) is 0 Å². The van der Waals surface area contributed by atoms with E-state index in [0.717, 1.165) is 19.6 Å². The minimum atomic E-state index is 0.677. The highest BCUT2D eigenvalue weighted by molar-refractivity contribution is 4.75. The van der Waals surface area contributed by atoms with Crippen LogP contribution in [0.3, 0.4) is 0 Å². The first-order chi connectivity index (χ1) is 4.20. The second-order valence-electron chi connectivity index (χ2n) is 2.91. The van der Waals surface area contributed by atoms with Crippen LogP contribution in [0.4, 0.5) is 0 Å². The lowest BCUT2D eigenvalue weighted by Crippen LogP contribution is -2.47. The van der Waals surface area contributed by atoms with Crippen LogP contribution < -0.4 is 0 Å². The van der Waals surface area contributed by atoms with Crippen LogP contribution in [-0.2, 0) is 0 Å². The van der Waals surface area contributed by atoms with E-state index in [9.17, 15) is 0 Å². The van der Waals surface area contributed by atoms with Crippen molar-refractivity contribution >= 4 is 0 Å². The molecular weight excluding hydrogens is 112 g/mol. The van der Waals surface area contributed by atoms with Gasteiger partial charge in [-0.05, 0) is 14.0 Å². The lowest BCUT2D eigenvalue weighted by molar-refractivity contribution is 0.137. The third-order valence-electron chi connectivity index (χ3n) is 2.04. The van der Waals surface area contributed by atoms with E-state index in [0.29, 0.717) is 6.04 Å². The molecule has 1 atom stereocenters. The van der Waals surface area contributed by atoms with Gasteiger partial charge in [-0.25, -0.2) is 0 Å². The van der Waals surface area contributed by atoms with Gasteiger partial charge in [0.15, 0.2) is 0 Å². The molecule has 1 aliphatic rings. The number of nitrogens with zero attached hydrogens (tertiary/aromatic N) is 2. The van der Waals surface area contributed by atoms with Gasteiger partial charge in [0.2, 0.25) is 0 Å². The summed E-state index contributed by atoms with van der Waals surface area (Å²) in [6.45, 7) is 5.61. The normalized spacial score (nSPS) is 33.0. The molecule has 2 heteroatoms. The molecule has 1 radical (unpaired) electrons. The fourth-order valence-corrected chi connectivity index (χ4v) is 1.12. The van der Waals surface area contributed by atoms with Crippen molar-refractivity contribution in [2.45, 2.75) is 13.0 Å². The minimum absolute atomic E-state index is 0.677. The van der Waals surface area contributed by atoms with E-state index in [1.54, 1.807) is 0 Å². The van der Waals surface area contributed by atoms with Crippen molar-refractivity contribution in [1.29, 1.82) is 0 Å². The summed E-state index contributed by atoms with van der Waals surface area (Å²) in [5, 5.41) is 0. The topological polar surface area (TPSA) is 6.48 Å². The average molecular weight is 127 g/mol. The molecule has 53 valence electrons. The SMILES string of the molecule is [CH2]N1CCN(C)C(C)C1.